The van der Waals surface area contributed by atoms with Crippen LogP contribution in [0.4, 0.5) is 8.78 Å². The van der Waals surface area contributed by atoms with Crippen LogP contribution in [0.1, 0.15) is 25.3 Å². The average molecular weight is 237 g/mol. The molecular formula is C14H17F2N. The largest absolute Gasteiger partial charge is 0.292 e. The lowest BCUT2D eigenvalue weighted by molar-refractivity contribution is 0.272. The smallest absolute Gasteiger partial charge is 0.159 e. The molecule has 0 N–H and O–H groups in total. The van der Waals surface area contributed by atoms with Gasteiger partial charge >= 0.3 is 0 Å². The Hall–Kier alpha value is -1.22. The van der Waals surface area contributed by atoms with Gasteiger partial charge < -0.3 is 0 Å². The lowest BCUT2D eigenvalue weighted by atomic mass is 10.1. The molecule has 1 aliphatic heterocycles. The Bertz CT molecular complexity index is 428. The molecule has 2 rings (SSSR count). The third-order valence-electron chi connectivity index (χ3n) is 3.30. The molecular weight excluding hydrogens is 220 g/mol. The highest BCUT2D eigenvalue weighted by atomic mass is 19.2. The number of benzene rings is 1. The molecule has 0 bridgehead atoms. The second-order valence-electron chi connectivity index (χ2n) is 4.72. The number of hydrogen-bond acceptors (Lipinski definition) is 1. The summed E-state index contributed by atoms with van der Waals surface area (Å²) in [6.45, 7) is 7.66. The van der Waals surface area contributed by atoms with Gasteiger partial charge in [0.2, 0.25) is 0 Å². The quantitative estimate of drug-likeness (QED) is 0.727. The van der Waals surface area contributed by atoms with Crippen LogP contribution in [0.2, 0.25) is 0 Å². The van der Waals surface area contributed by atoms with Gasteiger partial charge in [0.1, 0.15) is 0 Å². The lowest BCUT2D eigenvalue weighted by Crippen LogP contribution is -2.29. The maximum Gasteiger partial charge on any atom is 0.159 e. The molecule has 3 heteroatoms. The van der Waals surface area contributed by atoms with Crippen LogP contribution in [0.3, 0.4) is 0 Å². The third kappa shape index (κ3) is 2.72. The summed E-state index contributed by atoms with van der Waals surface area (Å²) in [6.07, 6.45) is 2.25. The molecule has 1 fully saturated rings. The van der Waals surface area contributed by atoms with Gasteiger partial charge in [0, 0.05) is 12.6 Å². The Kier molecular flexibility index (Phi) is 3.57. The predicted molar refractivity (Wildman–Crippen MR) is 64.6 cm³/mol. The minimum atomic E-state index is -0.786. The van der Waals surface area contributed by atoms with E-state index >= 15 is 0 Å². The molecule has 92 valence electrons. The zero-order chi connectivity index (χ0) is 12.4. The van der Waals surface area contributed by atoms with Gasteiger partial charge in [-0.2, -0.15) is 0 Å². The third-order valence-corrected chi connectivity index (χ3v) is 3.30. The first-order valence-electron chi connectivity index (χ1n) is 5.91. The molecule has 0 saturated carbocycles. The Labute approximate surface area is 101 Å². The normalized spacial score (nSPS) is 20.8. The van der Waals surface area contributed by atoms with Gasteiger partial charge in [-0.05, 0) is 44.0 Å². The first-order valence-corrected chi connectivity index (χ1v) is 5.91. The maximum absolute atomic E-state index is 13.1. The van der Waals surface area contributed by atoms with Crippen molar-refractivity contribution in [2.45, 2.75) is 32.4 Å². The van der Waals surface area contributed by atoms with E-state index in [1.165, 1.54) is 12.1 Å². The van der Waals surface area contributed by atoms with E-state index in [-0.39, 0.29) is 0 Å². The van der Waals surface area contributed by atoms with E-state index in [4.69, 9.17) is 0 Å². The summed E-state index contributed by atoms with van der Waals surface area (Å²) in [6, 6.07) is 4.49. The maximum atomic E-state index is 13.1. The van der Waals surface area contributed by atoms with Crippen molar-refractivity contribution in [3.05, 3.63) is 47.5 Å². The van der Waals surface area contributed by atoms with Gasteiger partial charge in [-0.3, -0.25) is 4.90 Å². The number of halogens is 2. The Morgan fingerprint density at radius 2 is 2.18 bits per heavy atom. The molecule has 1 nitrogen and oxygen atoms in total. The van der Waals surface area contributed by atoms with Crippen molar-refractivity contribution in [1.29, 1.82) is 0 Å². The molecule has 0 aliphatic carbocycles. The number of hydrogen-bond donors (Lipinski definition) is 0. The molecule has 1 saturated heterocycles. The first-order chi connectivity index (χ1) is 8.08. The standard InChI is InChI=1S/C14H17F2N/c1-10(2)14-4-3-7-17(14)9-11-5-6-12(15)13(16)8-11/h5-6,8,14H,1,3-4,7,9H2,2H3. The van der Waals surface area contributed by atoms with Gasteiger partial charge in [-0.25, -0.2) is 8.78 Å². The van der Waals surface area contributed by atoms with Crippen molar-refractivity contribution in [1.82, 2.24) is 4.90 Å². The zero-order valence-corrected chi connectivity index (χ0v) is 10.0. The van der Waals surface area contributed by atoms with Crippen LogP contribution < -0.4 is 0 Å². The van der Waals surface area contributed by atoms with E-state index in [1.807, 2.05) is 6.92 Å². The fraction of sp³-hybridized carbons (Fsp3) is 0.429. The van der Waals surface area contributed by atoms with Crippen LogP contribution in [-0.2, 0) is 6.54 Å². The molecule has 1 aromatic carbocycles. The van der Waals surface area contributed by atoms with E-state index in [0.717, 1.165) is 30.5 Å². The summed E-state index contributed by atoms with van der Waals surface area (Å²) in [5.74, 6) is -1.56. The summed E-state index contributed by atoms with van der Waals surface area (Å²) in [7, 11) is 0. The summed E-state index contributed by atoms with van der Waals surface area (Å²) in [5, 5.41) is 0. The molecule has 1 atom stereocenters. The first kappa shape index (κ1) is 12.2. The van der Waals surface area contributed by atoms with E-state index in [2.05, 4.69) is 11.5 Å². The van der Waals surface area contributed by atoms with Crippen molar-refractivity contribution in [2.75, 3.05) is 6.54 Å². The van der Waals surface area contributed by atoms with Gasteiger partial charge in [-0.15, -0.1) is 0 Å². The van der Waals surface area contributed by atoms with E-state index in [1.54, 1.807) is 6.07 Å². The van der Waals surface area contributed by atoms with Crippen LogP contribution in [0.25, 0.3) is 0 Å². The molecule has 1 heterocycles. The SMILES string of the molecule is C=C(C)C1CCCN1Cc1ccc(F)c(F)c1. The predicted octanol–water partition coefficient (Wildman–Crippen LogP) is 3.51. The second-order valence-corrected chi connectivity index (χ2v) is 4.72. The van der Waals surface area contributed by atoms with E-state index in [9.17, 15) is 8.78 Å². The number of rotatable bonds is 3. The molecule has 17 heavy (non-hydrogen) atoms. The fourth-order valence-electron chi connectivity index (χ4n) is 2.45. The van der Waals surface area contributed by atoms with Gasteiger partial charge in [-0.1, -0.05) is 18.2 Å². The second kappa shape index (κ2) is 4.96. The van der Waals surface area contributed by atoms with Crippen LogP contribution in [0, 0.1) is 11.6 Å². The van der Waals surface area contributed by atoms with Crippen LogP contribution in [-0.4, -0.2) is 17.5 Å². The minimum absolute atomic E-state index is 0.378. The van der Waals surface area contributed by atoms with E-state index in [0.29, 0.717) is 12.6 Å². The van der Waals surface area contributed by atoms with Gasteiger partial charge in [0.15, 0.2) is 11.6 Å². The lowest BCUT2D eigenvalue weighted by Gasteiger charge is -2.24. The average Bonchev–Trinajstić information content (AvgIpc) is 2.72. The van der Waals surface area contributed by atoms with Crippen LogP contribution >= 0.6 is 0 Å². The van der Waals surface area contributed by atoms with Crippen molar-refractivity contribution in [3.8, 4) is 0 Å². The topological polar surface area (TPSA) is 3.24 Å². The Morgan fingerprint density at radius 3 is 2.82 bits per heavy atom. The minimum Gasteiger partial charge on any atom is -0.292 e. The molecule has 1 unspecified atom stereocenters. The highest BCUT2D eigenvalue weighted by Gasteiger charge is 2.24. The van der Waals surface area contributed by atoms with Crippen molar-refractivity contribution in [2.24, 2.45) is 0 Å². The molecule has 1 aliphatic rings. The van der Waals surface area contributed by atoms with Crippen molar-refractivity contribution in [3.63, 3.8) is 0 Å². The zero-order valence-electron chi connectivity index (χ0n) is 10.0. The van der Waals surface area contributed by atoms with Crippen LogP contribution in [0.5, 0.6) is 0 Å². The van der Waals surface area contributed by atoms with Crippen molar-refractivity contribution < 1.29 is 8.78 Å². The molecule has 0 spiro atoms. The van der Waals surface area contributed by atoms with Gasteiger partial charge in [0.05, 0.1) is 0 Å². The summed E-state index contributed by atoms with van der Waals surface area (Å²) in [4.78, 5) is 2.27. The molecule has 0 amide bonds. The Morgan fingerprint density at radius 1 is 1.41 bits per heavy atom. The monoisotopic (exact) mass is 237 g/mol. The highest BCUT2D eigenvalue weighted by molar-refractivity contribution is 5.18. The van der Waals surface area contributed by atoms with Crippen molar-refractivity contribution >= 4 is 0 Å². The molecule has 0 aromatic heterocycles. The van der Waals surface area contributed by atoms with Gasteiger partial charge in [0.25, 0.3) is 0 Å². The van der Waals surface area contributed by atoms with Crippen LogP contribution in [0.15, 0.2) is 30.4 Å². The Balaban J connectivity index is 2.09. The highest BCUT2D eigenvalue weighted by Crippen LogP contribution is 2.24. The molecule has 1 aromatic rings. The summed E-state index contributed by atoms with van der Waals surface area (Å²) >= 11 is 0. The molecule has 0 radical (unpaired) electrons. The summed E-state index contributed by atoms with van der Waals surface area (Å²) < 4.78 is 25.9. The number of nitrogens with zero attached hydrogens (tertiary/aromatic N) is 1. The fourth-order valence-corrected chi connectivity index (χ4v) is 2.45. The number of likely N-dealkylation sites (tertiary alicyclic amines) is 1. The van der Waals surface area contributed by atoms with E-state index < -0.39 is 11.6 Å². The summed E-state index contributed by atoms with van der Waals surface area (Å²) in [5.41, 5.74) is 1.96.